The minimum atomic E-state index is -0.198. The Morgan fingerprint density at radius 2 is 2.25 bits per heavy atom. The van der Waals surface area contributed by atoms with Crippen LogP contribution < -0.4 is 10.6 Å². The number of amides is 1. The average Bonchev–Trinajstić information content (AvgIpc) is 3.05. The van der Waals surface area contributed by atoms with Crippen LogP contribution in [-0.4, -0.2) is 39.0 Å². The topological polar surface area (TPSA) is 84.7 Å². The molecule has 108 valence electrons. The molecule has 0 bridgehead atoms. The van der Waals surface area contributed by atoms with Gasteiger partial charge in [-0.15, -0.1) is 10.2 Å². The Hall–Kier alpha value is -1.96. The van der Waals surface area contributed by atoms with E-state index in [0.29, 0.717) is 23.2 Å². The minimum Gasteiger partial charge on any atom is -0.360 e. The summed E-state index contributed by atoms with van der Waals surface area (Å²) in [6.07, 6.45) is 4.73. The zero-order valence-corrected chi connectivity index (χ0v) is 12.4. The third kappa shape index (κ3) is 4.02. The molecule has 7 nitrogen and oxygen atoms in total. The highest BCUT2D eigenvalue weighted by molar-refractivity contribution is 7.17. The van der Waals surface area contributed by atoms with Crippen LogP contribution in [0.25, 0.3) is 0 Å². The molecule has 0 aliphatic carbocycles. The first-order valence-electron chi connectivity index (χ1n) is 6.53. The lowest BCUT2D eigenvalue weighted by Gasteiger charge is -2.02. The summed E-state index contributed by atoms with van der Waals surface area (Å²) in [7, 11) is 0. The van der Waals surface area contributed by atoms with Gasteiger partial charge in [-0.1, -0.05) is 18.3 Å². The third-order valence-electron chi connectivity index (χ3n) is 2.53. The van der Waals surface area contributed by atoms with Gasteiger partial charge in [-0.05, 0) is 18.9 Å². The molecule has 2 N–H and O–H groups in total. The molecule has 8 heteroatoms. The van der Waals surface area contributed by atoms with Gasteiger partial charge in [0.1, 0.15) is 0 Å². The van der Waals surface area contributed by atoms with Crippen molar-refractivity contribution >= 4 is 22.4 Å². The van der Waals surface area contributed by atoms with Crippen molar-refractivity contribution < 1.29 is 4.79 Å². The summed E-state index contributed by atoms with van der Waals surface area (Å²) in [5.74, 6) is -0.198. The van der Waals surface area contributed by atoms with E-state index in [4.69, 9.17) is 0 Å². The van der Waals surface area contributed by atoms with Gasteiger partial charge in [0.25, 0.3) is 5.91 Å². The lowest BCUT2D eigenvalue weighted by Crippen LogP contribution is -2.27. The number of hydrogen-bond acceptors (Lipinski definition) is 6. The number of carbonyl (C=O) groups excluding carboxylic acids is 1. The van der Waals surface area contributed by atoms with E-state index in [9.17, 15) is 4.79 Å². The average molecular weight is 294 g/mol. The van der Waals surface area contributed by atoms with Crippen LogP contribution in [0, 0.1) is 6.92 Å². The molecule has 0 saturated heterocycles. The Kier molecular flexibility index (Phi) is 5.05. The smallest absolute Gasteiger partial charge is 0.282 e. The fourth-order valence-corrected chi connectivity index (χ4v) is 2.25. The Labute approximate surface area is 121 Å². The van der Waals surface area contributed by atoms with E-state index in [-0.39, 0.29) is 5.91 Å². The van der Waals surface area contributed by atoms with Gasteiger partial charge in [-0.3, -0.25) is 9.48 Å². The Balaban J connectivity index is 1.78. The highest BCUT2D eigenvalue weighted by atomic mass is 32.1. The Morgan fingerprint density at radius 1 is 1.40 bits per heavy atom. The minimum absolute atomic E-state index is 0.198. The molecule has 0 fully saturated rings. The molecule has 0 unspecified atom stereocenters. The number of aryl methyl sites for hydroxylation is 1. The number of carbonyl (C=O) groups is 1. The summed E-state index contributed by atoms with van der Waals surface area (Å²) in [5, 5.41) is 18.9. The van der Waals surface area contributed by atoms with Gasteiger partial charge in [0.2, 0.25) is 10.1 Å². The summed E-state index contributed by atoms with van der Waals surface area (Å²) in [4.78, 5) is 11.9. The summed E-state index contributed by atoms with van der Waals surface area (Å²) in [5.41, 5.74) is 1.10. The van der Waals surface area contributed by atoms with Crippen LogP contribution in [0.2, 0.25) is 0 Å². The zero-order chi connectivity index (χ0) is 14.4. The first-order valence-corrected chi connectivity index (χ1v) is 7.35. The van der Waals surface area contributed by atoms with Gasteiger partial charge in [-0.25, -0.2) is 0 Å². The monoisotopic (exact) mass is 294 g/mol. The number of anilines is 1. The van der Waals surface area contributed by atoms with Crippen LogP contribution in [0.5, 0.6) is 0 Å². The molecule has 2 rings (SSSR count). The van der Waals surface area contributed by atoms with E-state index in [1.807, 2.05) is 13.1 Å². The molecule has 0 aliphatic rings. The summed E-state index contributed by atoms with van der Waals surface area (Å²) in [6.45, 7) is 6.03. The van der Waals surface area contributed by atoms with Crippen molar-refractivity contribution in [2.45, 2.75) is 26.8 Å². The van der Waals surface area contributed by atoms with Crippen LogP contribution in [0.1, 0.15) is 28.7 Å². The number of nitrogens with zero attached hydrogens (tertiary/aromatic N) is 4. The highest BCUT2D eigenvalue weighted by Gasteiger charge is 2.11. The molecule has 2 aromatic rings. The quantitative estimate of drug-likeness (QED) is 0.804. The fourth-order valence-electron chi connectivity index (χ4n) is 1.57. The van der Waals surface area contributed by atoms with Gasteiger partial charge in [0, 0.05) is 19.3 Å². The second-order valence-electron chi connectivity index (χ2n) is 4.38. The van der Waals surface area contributed by atoms with Gasteiger partial charge in [0.15, 0.2) is 0 Å². The highest BCUT2D eigenvalue weighted by Crippen LogP contribution is 2.14. The van der Waals surface area contributed by atoms with Gasteiger partial charge >= 0.3 is 0 Å². The van der Waals surface area contributed by atoms with Crippen LogP contribution in [0.3, 0.4) is 0 Å². The van der Waals surface area contributed by atoms with E-state index in [1.165, 1.54) is 11.3 Å². The predicted octanol–water partition coefficient (Wildman–Crippen LogP) is 1.29. The summed E-state index contributed by atoms with van der Waals surface area (Å²) in [6, 6.07) is 0. The number of hydrogen-bond donors (Lipinski definition) is 2. The second kappa shape index (κ2) is 6.99. The molecule has 0 atom stereocenters. The molecule has 0 saturated carbocycles. The van der Waals surface area contributed by atoms with Crippen LogP contribution in [-0.2, 0) is 6.54 Å². The van der Waals surface area contributed by atoms with E-state index in [0.717, 1.165) is 18.5 Å². The van der Waals surface area contributed by atoms with Crippen LogP contribution >= 0.6 is 11.3 Å². The molecule has 2 heterocycles. The molecule has 0 spiro atoms. The van der Waals surface area contributed by atoms with Crippen LogP contribution in [0.15, 0.2) is 12.4 Å². The zero-order valence-electron chi connectivity index (χ0n) is 11.6. The van der Waals surface area contributed by atoms with Crippen LogP contribution in [0.4, 0.5) is 5.13 Å². The molecule has 1 amide bonds. The van der Waals surface area contributed by atoms with Crippen molar-refractivity contribution in [3.8, 4) is 0 Å². The molecular formula is C12H18N6OS. The fraction of sp³-hybridized carbons (Fsp3) is 0.500. The Bertz CT molecular complexity index is 564. The molecule has 0 aliphatic heterocycles. The number of aromatic nitrogens is 4. The van der Waals surface area contributed by atoms with Crippen molar-refractivity contribution in [1.29, 1.82) is 0 Å². The standard InChI is InChI=1S/C12H18N6OS/c1-3-4-14-12-17-16-11(20-12)10(19)13-5-6-18-8-9(2)7-15-18/h7-8H,3-6H2,1-2H3,(H,13,19)(H,14,17). The lowest BCUT2D eigenvalue weighted by molar-refractivity contribution is 0.0951. The molecular weight excluding hydrogens is 276 g/mol. The number of nitrogens with one attached hydrogen (secondary N) is 2. The van der Waals surface area contributed by atoms with Gasteiger partial charge in [0.05, 0.1) is 12.7 Å². The summed E-state index contributed by atoms with van der Waals surface area (Å²) < 4.78 is 1.80. The molecule has 0 radical (unpaired) electrons. The number of rotatable bonds is 7. The van der Waals surface area contributed by atoms with E-state index < -0.39 is 0 Å². The first kappa shape index (κ1) is 14.4. The maximum atomic E-state index is 11.9. The predicted molar refractivity (Wildman–Crippen MR) is 78.0 cm³/mol. The normalized spacial score (nSPS) is 10.5. The molecule has 20 heavy (non-hydrogen) atoms. The SMILES string of the molecule is CCCNc1nnc(C(=O)NCCn2cc(C)cn2)s1. The van der Waals surface area contributed by atoms with Crippen molar-refractivity contribution in [3.05, 3.63) is 23.0 Å². The first-order chi connectivity index (χ1) is 9.69. The molecule has 2 aromatic heterocycles. The van der Waals surface area contributed by atoms with E-state index in [2.05, 4.69) is 32.9 Å². The van der Waals surface area contributed by atoms with Crippen molar-refractivity contribution in [2.75, 3.05) is 18.4 Å². The van der Waals surface area contributed by atoms with Gasteiger partial charge in [-0.2, -0.15) is 5.10 Å². The van der Waals surface area contributed by atoms with Gasteiger partial charge < -0.3 is 10.6 Å². The van der Waals surface area contributed by atoms with Crippen molar-refractivity contribution in [3.63, 3.8) is 0 Å². The molecule has 0 aromatic carbocycles. The van der Waals surface area contributed by atoms with E-state index in [1.54, 1.807) is 10.9 Å². The maximum absolute atomic E-state index is 11.9. The van der Waals surface area contributed by atoms with Crippen molar-refractivity contribution in [1.82, 2.24) is 25.3 Å². The summed E-state index contributed by atoms with van der Waals surface area (Å²) >= 11 is 1.26. The largest absolute Gasteiger partial charge is 0.360 e. The third-order valence-corrected chi connectivity index (χ3v) is 3.41. The van der Waals surface area contributed by atoms with Crippen molar-refractivity contribution in [2.24, 2.45) is 0 Å². The van der Waals surface area contributed by atoms with E-state index >= 15 is 0 Å². The lowest BCUT2D eigenvalue weighted by atomic mass is 10.4. The second-order valence-corrected chi connectivity index (χ2v) is 5.35. The Morgan fingerprint density at radius 3 is 2.95 bits per heavy atom. The maximum Gasteiger partial charge on any atom is 0.282 e.